The van der Waals surface area contributed by atoms with Crippen molar-refractivity contribution in [3.05, 3.63) is 36.0 Å². The molecule has 0 aromatic heterocycles. The Morgan fingerprint density at radius 1 is 1.62 bits per heavy atom. The number of carbonyl (C=O) groups is 1. The van der Waals surface area contributed by atoms with E-state index in [1.54, 1.807) is 0 Å². The van der Waals surface area contributed by atoms with Crippen molar-refractivity contribution in [1.82, 2.24) is 0 Å². The summed E-state index contributed by atoms with van der Waals surface area (Å²) in [5.74, 6) is 1.90. The highest BCUT2D eigenvalue weighted by Crippen LogP contribution is 2.17. The second kappa shape index (κ2) is 7.34. The lowest BCUT2D eigenvalue weighted by molar-refractivity contribution is -0.140. The van der Waals surface area contributed by atoms with Crippen LogP contribution in [0.3, 0.4) is 0 Å². The fraction of sp³-hybridized carbons (Fsp3) is 0.462. The maximum absolute atomic E-state index is 11.4. The van der Waals surface area contributed by atoms with Crippen LogP contribution in [0.1, 0.15) is 20.3 Å². The van der Waals surface area contributed by atoms with Gasteiger partial charge in [-0.15, -0.1) is 0 Å². The van der Waals surface area contributed by atoms with E-state index in [1.165, 1.54) is 17.4 Å². The first-order chi connectivity index (χ1) is 7.72. The molecule has 0 spiro atoms. The van der Waals surface area contributed by atoms with Gasteiger partial charge in [0.05, 0.1) is 0 Å². The third kappa shape index (κ3) is 5.21. The van der Waals surface area contributed by atoms with Gasteiger partial charge in [0.25, 0.3) is 0 Å². The molecule has 0 aromatic rings. The van der Waals surface area contributed by atoms with Gasteiger partial charge in [-0.1, -0.05) is 18.2 Å². The van der Waals surface area contributed by atoms with Crippen LogP contribution in [-0.2, 0) is 9.53 Å². The van der Waals surface area contributed by atoms with E-state index in [1.807, 2.05) is 43.8 Å². The van der Waals surface area contributed by atoms with Crippen molar-refractivity contribution < 1.29 is 9.53 Å². The number of hydrogen-bond donors (Lipinski definition) is 0. The summed E-state index contributed by atoms with van der Waals surface area (Å²) in [5, 5.41) is 0. The van der Waals surface area contributed by atoms with Crippen LogP contribution in [0.4, 0.5) is 0 Å². The average molecular weight is 238 g/mol. The number of rotatable bonds is 4. The van der Waals surface area contributed by atoms with Crippen LogP contribution in [0, 0.1) is 0 Å². The Kier molecular flexibility index (Phi) is 6.01. The van der Waals surface area contributed by atoms with E-state index in [0.29, 0.717) is 0 Å². The van der Waals surface area contributed by atoms with Crippen molar-refractivity contribution in [2.45, 2.75) is 26.4 Å². The first-order valence-corrected chi connectivity index (χ1v) is 6.66. The maximum atomic E-state index is 11.4. The molecule has 0 fully saturated rings. The van der Waals surface area contributed by atoms with Gasteiger partial charge in [0.2, 0.25) is 0 Å². The number of ether oxygens (including phenoxy) is 1. The van der Waals surface area contributed by atoms with E-state index in [2.05, 4.69) is 6.08 Å². The average Bonchev–Trinajstić information content (AvgIpc) is 2.28. The molecule has 0 N–H and O–H groups in total. The summed E-state index contributed by atoms with van der Waals surface area (Å²) in [4.78, 5) is 11.4. The lowest BCUT2D eigenvalue weighted by Gasteiger charge is -2.09. The summed E-state index contributed by atoms with van der Waals surface area (Å²) in [6.45, 7) is 3.76. The first-order valence-electron chi connectivity index (χ1n) is 5.50. The zero-order valence-electron chi connectivity index (χ0n) is 9.81. The molecule has 1 heterocycles. The van der Waals surface area contributed by atoms with Crippen molar-refractivity contribution in [2.24, 2.45) is 0 Å². The second-order valence-corrected chi connectivity index (χ2v) is 4.73. The van der Waals surface area contributed by atoms with Crippen LogP contribution in [0.2, 0.25) is 0 Å². The summed E-state index contributed by atoms with van der Waals surface area (Å²) in [6.07, 6.45) is 10.2. The smallest absolute Gasteiger partial charge is 0.331 e. The molecule has 16 heavy (non-hydrogen) atoms. The largest absolute Gasteiger partial charge is 0.455 e. The molecule has 0 aliphatic carbocycles. The molecule has 1 rings (SSSR count). The highest BCUT2D eigenvalue weighted by Gasteiger charge is 2.04. The zero-order chi connectivity index (χ0) is 11.8. The van der Waals surface area contributed by atoms with Gasteiger partial charge in [0.1, 0.15) is 6.10 Å². The molecule has 0 radical (unpaired) electrons. The predicted molar refractivity (Wildman–Crippen MR) is 69.5 cm³/mol. The van der Waals surface area contributed by atoms with Crippen molar-refractivity contribution in [3.63, 3.8) is 0 Å². The maximum Gasteiger partial charge on any atom is 0.331 e. The summed E-state index contributed by atoms with van der Waals surface area (Å²) in [7, 11) is 0. The molecular weight excluding hydrogens is 220 g/mol. The van der Waals surface area contributed by atoms with Crippen molar-refractivity contribution in [2.75, 3.05) is 11.5 Å². The van der Waals surface area contributed by atoms with Crippen molar-refractivity contribution in [3.8, 4) is 0 Å². The molecule has 0 amide bonds. The molecule has 1 aliphatic rings. The molecule has 0 aromatic carbocycles. The summed E-state index contributed by atoms with van der Waals surface area (Å²) in [6, 6.07) is 0. The van der Waals surface area contributed by atoms with Gasteiger partial charge in [-0.2, -0.15) is 11.8 Å². The van der Waals surface area contributed by atoms with Gasteiger partial charge < -0.3 is 4.74 Å². The number of allylic oxidation sites excluding steroid dienone is 3. The van der Waals surface area contributed by atoms with Gasteiger partial charge >= 0.3 is 5.97 Å². The second-order valence-electron chi connectivity index (χ2n) is 3.62. The minimum atomic E-state index is -0.276. The SMILES string of the molecule is C/C=C\[C@@H](C)OC(=O)/C=C/C1=CCCSC1. The Labute approximate surface area is 101 Å². The third-order valence-corrected chi connectivity index (χ3v) is 3.20. The van der Waals surface area contributed by atoms with Gasteiger partial charge in [-0.3, -0.25) is 0 Å². The highest BCUT2D eigenvalue weighted by atomic mass is 32.2. The Bertz CT molecular complexity index is 316. The number of hydrogen-bond acceptors (Lipinski definition) is 3. The first kappa shape index (κ1) is 13.1. The Morgan fingerprint density at radius 2 is 2.44 bits per heavy atom. The minimum absolute atomic E-state index is 0.156. The van der Waals surface area contributed by atoms with Crippen LogP contribution in [-0.4, -0.2) is 23.6 Å². The van der Waals surface area contributed by atoms with Gasteiger partial charge in [-0.05, 0) is 37.7 Å². The van der Waals surface area contributed by atoms with E-state index < -0.39 is 0 Å². The van der Waals surface area contributed by atoms with E-state index in [-0.39, 0.29) is 12.1 Å². The summed E-state index contributed by atoms with van der Waals surface area (Å²) < 4.78 is 5.14. The van der Waals surface area contributed by atoms with E-state index in [9.17, 15) is 4.79 Å². The monoisotopic (exact) mass is 238 g/mol. The van der Waals surface area contributed by atoms with Gasteiger partial charge in [-0.25, -0.2) is 4.79 Å². The quantitative estimate of drug-likeness (QED) is 0.427. The molecule has 0 saturated heterocycles. The van der Waals surface area contributed by atoms with E-state index in [4.69, 9.17) is 4.74 Å². The van der Waals surface area contributed by atoms with Crippen LogP contribution in [0.15, 0.2) is 36.0 Å². The Balaban J connectivity index is 2.38. The molecule has 88 valence electrons. The van der Waals surface area contributed by atoms with Crippen LogP contribution < -0.4 is 0 Å². The topological polar surface area (TPSA) is 26.3 Å². The molecule has 0 bridgehead atoms. The van der Waals surface area contributed by atoms with Crippen LogP contribution in [0.25, 0.3) is 0 Å². The number of carbonyl (C=O) groups excluding carboxylic acids is 1. The van der Waals surface area contributed by atoms with Crippen LogP contribution in [0.5, 0.6) is 0 Å². The molecule has 3 heteroatoms. The minimum Gasteiger partial charge on any atom is -0.455 e. The Hall–Kier alpha value is -0.960. The molecular formula is C13H18O2S. The molecule has 1 atom stereocenters. The molecule has 0 unspecified atom stereocenters. The fourth-order valence-corrected chi connectivity index (χ4v) is 2.28. The molecule has 0 saturated carbocycles. The molecule has 1 aliphatic heterocycles. The standard InChI is InChI=1S/C13H18O2S/c1-3-5-11(2)15-13(14)8-7-12-6-4-9-16-10-12/h3,5-8,11H,4,9-10H2,1-2H3/b5-3-,8-7+/t11-/m1/s1. The third-order valence-electron chi connectivity index (χ3n) is 2.14. The molecule has 2 nitrogen and oxygen atoms in total. The lowest BCUT2D eigenvalue weighted by atomic mass is 10.2. The van der Waals surface area contributed by atoms with E-state index in [0.717, 1.165) is 12.2 Å². The number of thioether (sulfide) groups is 1. The van der Waals surface area contributed by atoms with Gasteiger partial charge in [0.15, 0.2) is 0 Å². The fourth-order valence-electron chi connectivity index (χ4n) is 1.40. The van der Waals surface area contributed by atoms with Crippen molar-refractivity contribution in [1.29, 1.82) is 0 Å². The van der Waals surface area contributed by atoms with Crippen molar-refractivity contribution >= 4 is 17.7 Å². The van der Waals surface area contributed by atoms with Crippen LogP contribution >= 0.6 is 11.8 Å². The van der Waals surface area contributed by atoms with E-state index >= 15 is 0 Å². The summed E-state index contributed by atoms with van der Waals surface area (Å²) >= 11 is 1.89. The lowest BCUT2D eigenvalue weighted by Crippen LogP contribution is -2.10. The summed E-state index contributed by atoms with van der Waals surface area (Å²) in [5.41, 5.74) is 1.21. The normalized spacial score (nSPS) is 18.8. The predicted octanol–water partition coefficient (Wildman–Crippen LogP) is 3.11. The highest BCUT2D eigenvalue weighted by molar-refractivity contribution is 7.99. The number of esters is 1. The van der Waals surface area contributed by atoms with Gasteiger partial charge in [0, 0.05) is 11.8 Å². The zero-order valence-corrected chi connectivity index (χ0v) is 10.6. The Morgan fingerprint density at radius 3 is 3.06 bits per heavy atom.